The minimum atomic E-state index is -1.21. The normalized spacial score (nSPS) is 11.9. The van der Waals surface area contributed by atoms with Crippen LogP contribution in [0.1, 0.15) is 18.1 Å². The molecular formula is C10H11NO6. The average Bonchev–Trinajstić information content (AvgIpc) is 2.28. The van der Waals surface area contributed by atoms with Crippen molar-refractivity contribution in [3.8, 4) is 5.75 Å². The Labute approximate surface area is 96.4 Å². The zero-order valence-corrected chi connectivity index (χ0v) is 8.99. The average molecular weight is 241 g/mol. The van der Waals surface area contributed by atoms with E-state index in [0.29, 0.717) is 0 Å². The fourth-order valence-corrected chi connectivity index (χ4v) is 1.25. The zero-order chi connectivity index (χ0) is 13.0. The number of carbonyl (C=O) groups is 1. The molecule has 0 aliphatic heterocycles. The SMILES string of the molecule is COC(=O)CC(O)c1ccc(O)c([N+](=O)[O-])c1. The molecule has 0 heterocycles. The van der Waals surface area contributed by atoms with Crippen molar-refractivity contribution in [1.29, 1.82) is 0 Å². The summed E-state index contributed by atoms with van der Waals surface area (Å²) in [6.07, 6.45) is -1.51. The van der Waals surface area contributed by atoms with Crippen LogP contribution in [0.25, 0.3) is 0 Å². The minimum absolute atomic E-state index is 0.167. The number of ether oxygens (including phenoxy) is 1. The summed E-state index contributed by atoms with van der Waals surface area (Å²) < 4.78 is 4.36. The molecule has 0 bridgehead atoms. The van der Waals surface area contributed by atoms with Gasteiger partial charge in [-0.05, 0) is 11.6 Å². The number of aliphatic hydroxyl groups is 1. The van der Waals surface area contributed by atoms with Crippen LogP contribution in [0, 0.1) is 10.1 Å². The zero-order valence-electron chi connectivity index (χ0n) is 8.99. The lowest BCUT2D eigenvalue weighted by molar-refractivity contribution is -0.386. The number of phenolic OH excluding ortho intramolecular Hbond substituents is 1. The van der Waals surface area contributed by atoms with E-state index in [1.807, 2.05) is 0 Å². The van der Waals surface area contributed by atoms with Gasteiger partial charge in [0.1, 0.15) is 0 Å². The number of rotatable bonds is 4. The van der Waals surface area contributed by atoms with Crippen molar-refractivity contribution in [2.24, 2.45) is 0 Å². The number of nitrogens with zero attached hydrogens (tertiary/aromatic N) is 1. The van der Waals surface area contributed by atoms with E-state index in [4.69, 9.17) is 0 Å². The Morgan fingerprint density at radius 2 is 2.24 bits per heavy atom. The lowest BCUT2D eigenvalue weighted by Crippen LogP contribution is -2.08. The summed E-state index contributed by atoms with van der Waals surface area (Å²) in [7, 11) is 1.17. The first kappa shape index (κ1) is 12.9. The molecule has 0 fully saturated rings. The van der Waals surface area contributed by atoms with E-state index in [9.17, 15) is 25.1 Å². The molecule has 1 rings (SSSR count). The minimum Gasteiger partial charge on any atom is -0.502 e. The summed E-state index contributed by atoms with van der Waals surface area (Å²) in [5.41, 5.74) is -0.355. The molecule has 0 amide bonds. The van der Waals surface area contributed by atoms with Crippen molar-refractivity contribution >= 4 is 11.7 Å². The molecule has 1 aromatic rings. The summed E-state index contributed by atoms with van der Waals surface area (Å²) in [5.74, 6) is -1.13. The molecule has 1 aromatic carbocycles. The van der Waals surface area contributed by atoms with Gasteiger partial charge in [0.05, 0.1) is 24.6 Å². The molecule has 0 saturated carbocycles. The predicted molar refractivity (Wildman–Crippen MR) is 56.4 cm³/mol. The Hall–Kier alpha value is -2.15. The number of nitro benzene ring substituents is 1. The smallest absolute Gasteiger partial charge is 0.311 e. The van der Waals surface area contributed by atoms with Crippen LogP contribution in [0.3, 0.4) is 0 Å². The third-order valence-electron chi connectivity index (χ3n) is 2.17. The third kappa shape index (κ3) is 3.15. The van der Waals surface area contributed by atoms with Gasteiger partial charge in [-0.15, -0.1) is 0 Å². The maximum absolute atomic E-state index is 10.9. The highest BCUT2D eigenvalue weighted by Gasteiger charge is 2.19. The number of nitro groups is 1. The predicted octanol–water partition coefficient (Wildman–Crippen LogP) is 0.897. The first-order valence-corrected chi connectivity index (χ1v) is 4.68. The quantitative estimate of drug-likeness (QED) is 0.460. The molecule has 0 saturated heterocycles. The Kier molecular flexibility index (Phi) is 4.00. The molecule has 17 heavy (non-hydrogen) atoms. The number of aromatic hydroxyl groups is 1. The number of benzene rings is 1. The Morgan fingerprint density at radius 1 is 1.59 bits per heavy atom. The molecule has 2 N–H and O–H groups in total. The van der Waals surface area contributed by atoms with Crippen LogP contribution < -0.4 is 0 Å². The number of phenols is 1. The van der Waals surface area contributed by atoms with Crippen LogP contribution in [0.5, 0.6) is 5.75 Å². The second-order valence-electron chi connectivity index (χ2n) is 3.30. The lowest BCUT2D eigenvalue weighted by Gasteiger charge is -2.09. The molecule has 0 radical (unpaired) electrons. The Balaban J connectivity index is 2.95. The van der Waals surface area contributed by atoms with Gasteiger partial charge in [0.15, 0.2) is 5.75 Å². The van der Waals surface area contributed by atoms with Gasteiger partial charge >= 0.3 is 11.7 Å². The van der Waals surface area contributed by atoms with Gasteiger partial charge in [0, 0.05) is 6.07 Å². The number of aliphatic hydroxyl groups excluding tert-OH is 1. The van der Waals surface area contributed by atoms with E-state index in [2.05, 4.69) is 4.74 Å². The molecule has 0 aromatic heterocycles. The largest absolute Gasteiger partial charge is 0.502 e. The number of esters is 1. The molecule has 7 heteroatoms. The molecule has 92 valence electrons. The van der Waals surface area contributed by atoms with E-state index in [-0.39, 0.29) is 12.0 Å². The highest BCUT2D eigenvalue weighted by Crippen LogP contribution is 2.29. The van der Waals surface area contributed by atoms with Crippen LogP contribution in [-0.2, 0) is 9.53 Å². The summed E-state index contributed by atoms with van der Waals surface area (Å²) in [6.45, 7) is 0. The lowest BCUT2D eigenvalue weighted by atomic mass is 10.1. The molecular weight excluding hydrogens is 230 g/mol. The van der Waals surface area contributed by atoms with E-state index in [1.165, 1.54) is 13.2 Å². The topological polar surface area (TPSA) is 110 Å². The van der Waals surface area contributed by atoms with Gasteiger partial charge < -0.3 is 14.9 Å². The van der Waals surface area contributed by atoms with Crippen LogP contribution >= 0.6 is 0 Å². The third-order valence-corrected chi connectivity index (χ3v) is 2.17. The fraction of sp³-hybridized carbons (Fsp3) is 0.300. The van der Waals surface area contributed by atoms with E-state index < -0.39 is 28.4 Å². The number of methoxy groups -OCH3 is 1. The van der Waals surface area contributed by atoms with E-state index >= 15 is 0 Å². The second kappa shape index (κ2) is 5.26. The van der Waals surface area contributed by atoms with Crippen molar-refractivity contribution < 1.29 is 24.7 Å². The van der Waals surface area contributed by atoms with Gasteiger partial charge in [0.2, 0.25) is 0 Å². The number of carbonyl (C=O) groups excluding carboxylic acids is 1. The molecule has 0 spiro atoms. The van der Waals surface area contributed by atoms with E-state index in [0.717, 1.165) is 12.1 Å². The molecule has 1 unspecified atom stereocenters. The first-order chi connectivity index (χ1) is 7.95. The van der Waals surface area contributed by atoms with Crippen molar-refractivity contribution in [2.45, 2.75) is 12.5 Å². The Bertz CT molecular complexity index is 444. The molecule has 0 aliphatic rings. The van der Waals surface area contributed by atoms with Crippen molar-refractivity contribution in [2.75, 3.05) is 7.11 Å². The monoisotopic (exact) mass is 241 g/mol. The fourth-order valence-electron chi connectivity index (χ4n) is 1.25. The summed E-state index contributed by atoms with van der Waals surface area (Å²) >= 11 is 0. The van der Waals surface area contributed by atoms with Gasteiger partial charge in [-0.2, -0.15) is 0 Å². The van der Waals surface area contributed by atoms with Crippen LogP contribution in [0.2, 0.25) is 0 Å². The molecule has 7 nitrogen and oxygen atoms in total. The Morgan fingerprint density at radius 3 is 2.76 bits per heavy atom. The highest BCUT2D eigenvalue weighted by atomic mass is 16.6. The van der Waals surface area contributed by atoms with Crippen molar-refractivity contribution in [3.63, 3.8) is 0 Å². The van der Waals surface area contributed by atoms with Crippen molar-refractivity contribution in [3.05, 3.63) is 33.9 Å². The number of hydrogen-bond acceptors (Lipinski definition) is 6. The standard InChI is InChI=1S/C10H11NO6/c1-17-10(14)5-9(13)6-2-3-8(12)7(4-6)11(15)16/h2-4,9,12-13H,5H2,1H3. The van der Waals surface area contributed by atoms with Gasteiger partial charge in [-0.1, -0.05) is 6.07 Å². The highest BCUT2D eigenvalue weighted by molar-refractivity contribution is 5.70. The maximum atomic E-state index is 10.9. The van der Waals surface area contributed by atoms with Crippen LogP contribution in [0.4, 0.5) is 5.69 Å². The number of hydrogen-bond donors (Lipinski definition) is 2. The second-order valence-corrected chi connectivity index (χ2v) is 3.30. The van der Waals surface area contributed by atoms with Gasteiger partial charge in [0.25, 0.3) is 0 Å². The summed E-state index contributed by atoms with van der Waals surface area (Å²) in [4.78, 5) is 20.7. The van der Waals surface area contributed by atoms with E-state index in [1.54, 1.807) is 0 Å². The van der Waals surface area contributed by atoms with Gasteiger partial charge in [-0.25, -0.2) is 0 Å². The van der Waals surface area contributed by atoms with Crippen LogP contribution in [0.15, 0.2) is 18.2 Å². The first-order valence-electron chi connectivity index (χ1n) is 4.68. The maximum Gasteiger partial charge on any atom is 0.311 e. The van der Waals surface area contributed by atoms with Crippen LogP contribution in [-0.4, -0.2) is 28.2 Å². The molecule has 0 aliphatic carbocycles. The van der Waals surface area contributed by atoms with Gasteiger partial charge in [-0.3, -0.25) is 14.9 Å². The summed E-state index contributed by atoms with van der Waals surface area (Å²) in [5, 5.41) is 29.4. The summed E-state index contributed by atoms with van der Waals surface area (Å²) in [6, 6.07) is 3.41. The van der Waals surface area contributed by atoms with Crippen molar-refractivity contribution in [1.82, 2.24) is 0 Å². The molecule has 1 atom stereocenters.